The van der Waals surface area contributed by atoms with Crippen LogP contribution in [0.1, 0.15) is 18.4 Å². The predicted molar refractivity (Wildman–Crippen MR) is 80.8 cm³/mol. The molecule has 106 valence electrons. The van der Waals surface area contributed by atoms with E-state index in [1.165, 1.54) is 29.9 Å². The van der Waals surface area contributed by atoms with E-state index in [-0.39, 0.29) is 6.61 Å². The van der Waals surface area contributed by atoms with Crippen molar-refractivity contribution in [3.63, 3.8) is 0 Å². The van der Waals surface area contributed by atoms with Crippen molar-refractivity contribution in [1.82, 2.24) is 4.90 Å². The van der Waals surface area contributed by atoms with Gasteiger partial charge >= 0.3 is 0 Å². The van der Waals surface area contributed by atoms with E-state index >= 15 is 0 Å². The molecule has 1 aromatic rings. The molecule has 0 aromatic heterocycles. The molecule has 0 spiro atoms. The third-order valence-electron chi connectivity index (χ3n) is 3.50. The standard InChI is InChI=1S/C15H23NO2S/c1-16(14-5-9-19-10-6-14)12-13-3-2-4-15(11-13)18-8-7-17/h2-4,11,14,17H,5-10,12H2,1H3. The minimum absolute atomic E-state index is 0.0594. The summed E-state index contributed by atoms with van der Waals surface area (Å²) in [4.78, 5) is 2.45. The van der Waals surface area contributed by atoms with Crippen LogP contribution in [0.5, 0.6) is 5.75 Å². The summed E-state index contributed by atoms with van der Waals surface area (Å²) < 4.78 is 5.45. The Morgan fingerprint density at radius 2 is 2.16 bits per heavy atom. The second kappa shape index (κ2) is 7.78. The molecule has 1 fully saturated rings. The normalized spacial score (nSPS) is 16.8. The first-order valence-electron chi connectivity index (χ1n) is 6.90. The lowest BCUT2D eigenvalue weighted by atomic mass is 10.1. The summed E-state index contributed by atoms with van der Waals surface area (Å²) in [6.45, 7) is 1.38. The van der Waals surface area contributed by atoms with Gasteiger partial charge in [-0.05, 0) is 49.1 Å². The molecule has 1 aliphatic heterocycles. The quantitative estimate of drug-likeness (QED) is 0.868. The summed E-state index contributed by atoms with van der Waals surface area (Å²) in [5.74, 6) is 3.42. The molecule has 1 heterocycles. The Balaban J connectivity index is 1.90. The van der Waals surface area contributed by atoms with Crippen LogP contribution in [0.25, 0.3) is 0 Å². The van der Waals surface area contributed by atoms with Gasteiger partial charge in [0.1, 0.15) is 12.4 Å². The van der Waals surface area contributed by atoms with Crippen molar-refractivity contribution in [1.29, 1.82) is 0 Å². The van der Waals surface area contributed by atoms with Gasteiger partial charge in [0.15, 0.2) is 0 Å². The molecule has 4 heteroatoms. The molecule has 0 aliphatic carbocycles. The molecule has 0 radical (unpaired) electrons. The third-order valence-corrected chi connectivity index (χ3v) is 4.55. The number of ether oxygens (including phenoxy) is 1. The fraction of sp³-hybridized carbons (Fsp3) is 0.600. The van der Waals surface area contributed by atoms with Crippen LogP contribution in [0.15, 0.2) is 24.3 Å². The number of nitrogens with zero attached hydrogens (tertiary/aromatic N) is 1. The van der Waals surface area contributed by atoms with E-state index in [4.69, 9.17) is 9.84 Å². The fourth-order valence-electron chi connectivity index (χ4n) is 2.44. The second-order valence-corrected chi connectivity index (χ2v) is 6.20. The molecule has 0 amide bonds. The minimum atomic E-state index is 0.0594. The van der Waals surface area contributed by atoms with Gasteiger partial charge < -0.3 is 9.84 Å². The van der Waals surface area contributed by atoms with Crippen LogP contribution < -0.4 is 4.74 Å². The maximum atomic E-state index is 8.78. The number of hydrogen-bond donors (Lipinski definition) is 1. The highest BCUT2D eigenvalue weighted by Crippen LogP contribution is 2.23. The number of thioether (sulfide) groups is 1. The smallest absolute Gasteiger partial charge is 0.119 e. The lowest BCUT2D eigenvalue weighted by Crippen LogP contribution is -2.34. The van der Waals surface area contributed by atoms with Crippen LogP contribution in [-0.4, -0.2) is 47.8 Å². The summed E-state index contributed by atoms with van der Waals surface area (Å²) in [6, 6.07) is 8.88. The van der Waals surface area contributed by atoms with Gasteiger partial charge in [0.25, 0.3) is 0 Å². The first kappa shape index (κ1) is 14.7. The Labute approximate surface area is 120 Å². The Bertz CT molecular complexity index is 380. The summed E-state index contributed by atoms with van der Waals surface area (Å²) in [7, 11) is 2.21. The number of benzene rings is 1. The van der Waals surface area contributed by atoms with Gasteiger partial charge in [-0.15, -0.1) is 0 Å². The SMILES string of the molecule is CN(Cc1cccc(OCCO)c1)C1CCSCC1. The number of aliphatic hydroxyl groups is 1. The highest BCUT2D eigenvalue weighted by Gasteiger charge is 2.18. The van der Waals surface area contributed by atoms with Crippen molar-refractivity contribution in [2.45, 2.75) is 25.4 Å². The van der Waals surface area contributed by atoms with E-state index in [1.54, 1.807) is 0 Å². The Hall–Kier alpha value is -0.710. The zero-order chi connectivity index (χ0) is 13.5. The van der Waals surface area contributed by atoms with Crippen LogP contribution in [0.2, 0.25) is 0 Å². The molecular formula is C15H23NO2S. The Morgan fingerprint density at radius 1 is 1.37 bits per heavy atom. The molecule has 2 rings (SSSR count). The van der Waals surface area contributed by atoms with Crippen LogP contribution >= 0.6 is 11.8 Å². The topological polar surface area (TPSA) is 32.7 Å². The average molecular weight is 281 g/mol. The van der Waals surface area contributed by atoms with Crippen molar-refractivity contribution in [2.75, 3.05) is 31.8 Å². The fourth-order valence-corrected chi connectivity index (χ4v) is 3.52. The van der Waals surface area contributed by atoms with Crippen molar-refractivity contribution in [3.05, 3.63) is 29.8 Å². The predicted octanol–water partition coefficient (Wildman–Crippen LogP) is 2.39. The number of rotatable bonds is 6. The van der Waals surface area contributed by atoms with E-state index in [9.17, 15) is 0 Å². The highest BCUT2D eigenvalue weighted by atomic mass is 32.2. The van der Waals surface area contributed by atoms with Crippen LogP contribution in [0.3, 0.4) is 0 Å². The molecule has 19 heavy (non-hydrogen) atoms. The van der Waals surface area contributed by atoms with Crippen molar-refractivity contribution < 1.29 is 9.84 Å². The first-order valence-corrected chi connectivity index (χ1v) is 8.05. The average Bonchev–Trinajstić information content (AvgIpc) is 2.46. The second-order valence-electron chi connectivity index (χ2n) is 4.98. The van der Waals surface area contributed by atoms with Crippen molar-refractivity contribution in [3.8, 4) is 5.75 Å². The molecule has 1 saturated heterocycles. The molecule has 0 unspecified atom stereocenters. The van der Waals surface area contributed by atoms with Crippen molar-refractivity contribution >= 4 is 11.8 Å². The van der Waals surface area contributed by atoms with E-state index < -0.39 is 0 Å². The number of aliphatic hydroxyl groups excluding tert-OH is 1. The van der Waals surface area contributed by atoms with Gasteiger partial charge in [0.2, 0.25) is 0 Å². The minimum Gasteiger partial charge on any atom is -0.491 e. The maximum Gasteiger partial charge on any atom is 0.119 e. The zero-order valence-electron chi connectivity index (χ0n) is 11.5. The van der Waals surface area contributed by atoms with Gasteiger partial charge in [0.05, 0.1) is 6.61 Å². The third kappa shape index (κ3) is 4.71. The Kier molecular flexibility index (Phi) is 6.01. The van der Waals surface area contributed by atoms with Gasteiger partial charge in [-0.1, -0.05) is 12.1 Å². The summed E-state index contributed by atoms with van der Waals surface area (Å²) >= 11 is 2.06. The van der Waals surface area contributed by atoms with Gasteiger partial charge in [-0.25, -0.2) is 0 Å². The lowest BCUT2D eigenvalue weighted by Gasteiger charge is -2.31. The monoisotopic (exact) mass is 281 g/mol. The maximum absolute atomic E-state index is 8.78. The lowest BCUT2D eigenvalue weighted by molar-refractivity contribution is 0.200. The summed E-state index contributed by atoms with van der Waals surface area (Å²) in [5.41, 5.74) is 1.27. The van der Waals surface area contributed by atoms with E-state index in [1.807, 2.05) is 12.1 Å². The molecular weight excluding hydrogens is 258 g/mol. The summed E-state index contributed by atoms with van der Waals surface area (Å²) in [6.07, 6.45) is 2.59. The molecule has 0 bridgehead atoms. The molecule has 0 atom stereocenters. The first-order chi connectivity index (χ1) is 9.29. The molecule has 0 saturated carbocycles. The van der Waals surface area contributed by atoms with Gasteiger partial charge in [0, 0.05) is 12.6 Å². The molecule has 1 aliphatic rings. The number of hydrogen-bond acceptors (Lipinski definition) is 4. The van der Waals surface area contributed by atoms with E-state index in [0.29, 0.717) is 12.6 Å². The zero-order valence-corrected chi connectivity index (χ0v) is 12.4. The van der Waals surface area contributed by atoms with E-state index in [2.05, 4.69) is 35.8 Å². The van der Waals surface area contributed by atoms with Gasteiger partial charge in [-0.2, -0.15) is 11.8 Å². The Morgan fingerprint density at radius 3 is 2.89 bits per heavy atom. The van der Waals surface area contributed by atoms with Crippen LogP contribution in [-0.2, 0) is 6.54 Å². The largest absolute Gasteiger partial charge is 0.491 e. The van der Waals surface area contributed by atoms with Crippen LogP contribution in [0, 0.1) is 0 Å². The molecule has 3 nitrogen and oxygen atoms in total. The summed E-state index contributed by atoms with van der Waals surface area (Å²) in [5, 5.41) is 8.78. The molecule has 1 aromatic carbocycles. The highest BCUT2D eigenvalue weighted by molar-refractivity contribution is 7.99. The van der Waals surface area contributed by atoms with E-state index in [0.717, 1.165) is 12.3 Å². The van der Waals surface area contributed by atoms with Gasteiger partial charge in [-0.3, -0.25) is 4.90 Å². The molecule has 1 N–H and O–H groups in total. The van der Waals surface area contributed by atoms with Crippen molar-refractivity contribution in [2.24, 2.45) is 0 Å². The van der Waals surface area contributed by atoms with Crippen LogP contribution in [0.4, 0.5) is 0 Å².